The van der Waals surface area contributed by atoms with Gasteiger partial charge in [-0.3, -0.25) is 19.8 Å². The maximum atomic E-state index is 13.0. The van der Waals surface area contributed by atoms with Crippen LogP contribution in [0.5, 0.6) is 0 Å². The van der Waals surface area contributed by atoms with Crippen LogP contribution in [0.4, 0.5) is 10.8 Å². The van der Waals surface area contributed by atoms with E-state index in [0.29, 0.717) is 23.8 Å². The normalized spacial score (nSPS) is 11.4. The molecule has 0 aliphatic carbocycles. The molecule has 0 unspecified atom stereocenters. The molecule has 1 amide bonds. The second kappa shape index (κ2) is 8.93. The molecule has 0 aliphatic rings. The van der Waals surface area contributed by atoms with E-state index in [-0.39, 0.29) is 11.6 Å². The van der Waals surface area contributed by atoms with E-state index in [1.807, 2.05) is 44.1 Å². The number of carbonyl (C=O) groups excluding carboxylic acids is 1. The third-order valence-electron chi connectivity index (χ3n) is 4.38. The van der Waals surface area contributed by atoms with Crippen LogP contribution in [-0.2, 0) is 4.79 Å². The molecule has 0 bridgehead atoms. The number of hydrogen-bond donors (Lipinski definition) is 0. The van der Waals surface area contributed by atoms with Gasteiger partial charge in [0.2, 0.25) is 0 Å². The van der Waals surface area contributed by atoms with E-state index >= 15 is 0 Å². The van der Waals surface area contributed by atoms with Crippen molar-refractivity contribution in [1.82, 2.24) is 9.88 Å². The summed E-state index contributed by atoms with van der Waals surface area (Å²) >= 11 is 1.48. The Morgan fingerprint density at radius 1 is 1.21 bits per heavy atom. The number of nitrogens with zero attached hydrogens (tertiary/aromatic N) is 4. The fourth-order valence-corrected chi connectivity index (χ4v) is 3.86. The molecule has 3 aromatic rings. The van der Waals surface area contributed by atoms with Crippen LogP contribution in [-0.4, -0.2) is 47.9 Å². The number of rotatable bonds is 7. The van der Waals surface area contributed by atoms with E-state index in [9.17, 15) is 14.9 Å². The number of fused-ring (bicyclic) bond motifs is 1. The lowest BCUT2D eigenvalue weighted by Crippen LogP contribution is -2.35. The van der Waals surface area contributed by atoms with Gasteiger partial charge in [-0.05, 0) is 44.3 Å². The summed E-state index contributed by atoms with van der Waals surface area (Å²) in [6, 6.07) is 12.2. The smallest absolute Gasteiger partial charge is 0.270 e. The van der Waals surface area contributed by atoms with Gasteiger partial charge in [-0.2, -0.15) is 0 Å². The van der Waals surface area contributed by atoms with Crippen molar-refractivity contribution < 1.29 is 9.72 Å². The number of anilines is 1. The summed E-state index contributed by atoms with van der Waals surface area (Å²) in [5, 5.41) is 11.6. The van der Waals surface area contributed by atoms with Crippen molar-refractivity contribution in [1.29, 1.82) is 0 Å². The SMILES string of the molecule is Cc1cccc2sc(N(CCN(C)C)C(=O)/C=C/c3cccc([N+](=O)[O-])c3)nc12. The lowest BCUT2D eigenvalue weighted by molar-refractivity contribution is -0.384. The maximum Gasteiger partial charge on any atom is 0.270 e. The fraction of sp³-hybridized carbons (Fsp3) is 0.238. The van der Waals surface area contributed by atoms with Gasteiger partial charge in [-0.25, -0.2) is 4.98 Å². The minimum atomic E-state index is -0.452. The predicted octanol–water partition coefficient (Wildman–Crippen LogP) is 4.12. The summed E-state index contributed by atoms with van der Waals surface area (Å²) in [5.41, 5.74) is 2.56. The van der Waals surface area contributed by atoms with Gasteiger partial charge >= 0.3 is 0 Å². The molecule has 0 saturated heterocycles. The number of hydrogen-bond acceptors (Lipinski definition) is 6. The van der Waals surface area contributed by atoms with Crippen molar-refractivity contribution in [3.8, 4) is 0 Å². The van der Waals surface area contributed by atoms with Gasteiger partial charge in [0.25, 0.3) is 11.6 Å². The van der Waals surface area contributed by atoms with Gasteiger partial charge in [0.05, 0.1) is 15.1 Å². The number of nitro groups is 1. The highest BCUT2D eigenvalue weighted by Gasteiger charge is 2.18. The minimum absolute atomic E-state index is 0.00860. The van der Waals surface area contributed by atoms with E-state index in [1.54, 1.807) is 23.1 Å². The summed E-state index contributed by atoms with van der Waals surface area (Å²) in [5.74, 6) is -0.213. The molecule has 2 aromatic carbocycles. The molecule has 0 aliphatic heterocycles. The van der Waals surface area contributed by atoms with Crippen molar-refractivity contribution in [2.24, 2.45) is 0 Å². The zero-order chi connectivity index (χ0) is 21.0. The molecular weight excluding hydrogens is 388 g/mol. The van der Waals surface area contributed by atoms with Crippen LogP contribution in [0.25, 0.3) is 16.3 Å². The van der Waals surface area contributed by atoms with E-state index in [4.69, 9.17) is 0 Å². The maximum absolute atomic E-state index is 13.0. The second-order valence-corrected chi connectivity index (χ2v) is 7.91. The first-order chi connectivity index (χ1) is 13.8. The molecule has 1 heterocycles. The van der Waals surface area contributed by atoms with Gasteiger partial charge in [-0.1, -0.05) is 35.6 Å². The second-order valence-electron chi connectivity index (χ2n) is 6.90. The monoisotopic (exact) mass is 410 g/mol. The molecule has 150 valence electrons. The number of carbonyl (C=O) groups is 1. The lowest BCUT2D eigenvalue weighted by atomic mass is 10.2. The van der Waals surface area contributed by atoms with Crippen LogP contribution >= 0.6 is 11.3 Å². The number of amides is 1. The molecule has 0 fully saturated rings. The zero-order valence-corrected chi connectivity index (χ0v) is 17.3. The van der Waals surface area contributed by atoms with Gasteiger partial charge in [-0.15, -0.1) is 0 Å². The van der Waals surface area contributed by atoms with E-state index in [1.165, 1.54) is 29.5 Å². The molecule has 0 atom stereocenters. The Balaban J connectivity index is 1.89. The Kier molecular flexibility index (Phi) is 6.36. The Morgan fingerprint density at radius 3 is 2.66 bits per heavy atom. The molecule has 0 saturated carbocycles. The summed E-state index contributed by atoms with van der Waals surface area (Å²) in [6.45, 7) is 3.18. The number of nitro benzene ring substituents is 1. The van der Waals surface area contributed by atoms with Crippen molar-refractivity contribution >= 4 is 44.4 Å². The summed E-state index contributed by atoms with van der Waals surface area (Å²) < 4.78 is 1.03. The predicted molar refractivity (Wildman–Crippen MR) is 117 cm³/mol. The number of thiazole rings is 1. The first-order valence-corrected chi connectivity index (χ1v) is 9.92. The van der Waals surface area contributed by atoms with Crippen LogP contribution < -0.4 is 4.90 Å². The average molecular weight is 410 g/mol. The first-order valence-electron chi connectivity index (χ1n) is 9.10. The number of non-ortho nitro benzene ring substituents is 1. The highest BCUT2D eigenvalue weighted by Crippen LogP contribution is 2.30. The molecule has 7 nitrogen and oxygen atoms in total. The molecule has 0 N–H and O–H groups in total. The molecule has 0 spiro atoms. The van der Waals surface area contributed by atoms with Gasteiger partial charge in [0, 0.05) is 31.3 Å². The van der Waals surface area contributed by atoms with E-state index in [2.05, 4.69) is 4.98 Å². The molecule has 0 radical (unpaired) electrons. The molecule has 8 heteroatoms. The standard InChI is InChI=1S/C21H22N4O3S/c1-15-6-4-9-18-20(15)22-21(29-18)24(13-12-23(2)3)19(26)11-10-16-7-5-8-17(14-16)25(27)28/h4-11,14H,12-13H2,1-3H3/b11-10+. The first kappa shape index (κ1) is 20.6. The highest BCUT2D eigenvalue weighted by molar-refractivity contribution is 7.22. The van der Waals surface area contributed by atoms with Gasteiger partial charge < -0.3 is 4.90 Å². The number of aromatic nitrogens is 1. The molecular formula is C21H22N4O3S. The van der Waals surface area contributed by atoms with Crippen LogP contribution in [0.15, 0.2) is 48.5 Å². The van der Waals surface area contributed by atoms with Crippen molar-refractivity contribution in [3.05, 3.63) is 69.8 Å². The summed E-state index contributed by atoms with van der Waals surface area (Å²) in [4.78, 5) is 31.8. The summed E-state index contributed by atoms with van der Waals surface area (Å²) in [7, 11) is 3.90. The third kappa shape index (κ3) is 5.04. The number of para-hydroxylation sites is 1. The van der Waals surface area contributed by atoms with Crippen molar-refractivity contribution in [3.63, 3.8) is 0 Å². The molecule has 3 rings (SSSR count). The zero-order valence-electron chi connectivity index (χ0n) is 16.5. The minimum Gasteiger partial charge on any atom is -0.308 e. The quantitative estimate of drug-likeness (QED) is 0.333. The lowest BCUT2D eigenvalue weighted by Gasteiger charge is -2.20. The Hall–Kier alpha value is -3.10. The highest BCUT2D eigenvalue weighted by atomic mass is 32.1. The Bertz CT molecular complexity index is 1070. The Labute approximate surface area is 173 Å². The van der Waals surface area contributed by atoms with Gasteiger partial charge in [0.15, 0.2) is 5.13 Å². The summed E-state index contributed by atoms with van der Waals surface area (Å²) in [6.07, 6.45) is 3.03. The van der Waals surface area contributed by atoms with Crippen LogP contribution in [0, 0.1) is 17.0 Å². The van der Waals surface area contributed by atoms with Gasteiger partial charge in [0.1, 0.15) is 0 Å². The van der Waals surface area contributed by atoms with Crippen LogP contribution in [0.1, 0.15) is 11.1 Å². The van der Waals surface area contributed by atoms with Crippen LogP contribution in [0.3, 0.4) is 0 Å². The molecule has 29 heavy (non-hydrogen) atoms. The van der Waals surface area contributed by atoms with E-state index < -0.39 is 4.92 Å². The third-order valence-corrected chi connectivity index (χ3v) is 5.42. The van der Waals surface area contributed by atoms with Crippen molar-refractivity contribution in [2.75, 3.05) is 32.1 Å². The molecule has 1 aromatic heterocycles. The number of benzene rings is 2. The topological polar surface area (TPSA) is 79.6 Å². The average Bonchev–Trinajstić information content (AvgIpc) is 3.12. The Morgan fingerprint density at radius 2 is 1.97 bits per heavy atom. The number of aryl methyl sites for hydroxylation is 1. The number of likely N-dealkylation sites (N-methyl/N-ethyl adjacent to an activating group) is 1. The van der Waals surface area contributed by atoms with Crippen LogP contribution in [0.2, 0.25) is 0 Å². The fourth-order valence-electron chi connectivity index (χ4n) is 2.79. The van der Waals surface area contributed by atoms with Crippen molar-refractivity contribution in [2.45, 2.75) is 6.92 Å². The van der Waals surface area contributed by atoms with E-state index in [0.717, 1.165) is 15.8 Å². The largest absolute Gasteiger partial charge is 0.308 e.